The van der Waals surface area contributed by atoms with Gasteiger partial charge in [-0.3, -0.25) is 9.10 Å². The number of benzene rings is 3. The molecule has 5 nitrogen and oxygen atoms in total. The molecule has 0 bridgehead atoms. The maximum Gasteiger partial charge on any atom is 0.264 e. The zero-order valence-corrected chi connectivity index (χ0v) is 16.9. The molecule has 0 fully saturated rings. The van der Waals surface area contributed by atoms with Crippen molar-refractivity contribution in [1.82, 2.24) is 0 Å². The summed E-state index contributed by atoms with van der Waals surface area (Å²) in [7, 11) is -3.63. The molecule has 3 aromatic rings. The summed E-state index contributed by atoms with van der Waals surface area (Å²) in [4.78, 5) is 12.5. The van der Waals surface area contributed by atoms with Crippen LogP contribution in [0.1, 0.15) is 16.7 Å². The molecule has 3 aromatic carbocycles. The van der Waals surface area contributed by atoms with E-state index < -0.39 is 10.0 Å². The minimum absolute atomic E-state index is 0.136. The first kappa shape index (κ1) is 19.2. The molecule has 1 aliphatic heterocycles. The summed E-state index contributed by atoms with van der Waals surface area (Å²) in [6.07, 6.45) is 0.986. The van der Waals surface area contributed by atoms with E-state index in [4.69, 9.17) is 0 Å². The lowest BCUT2D eigenvalue weighted by molar-refractivity contribution is -0.115. The predicted molar refractivity (Wildman–Crippen MR) is 115 cm³/mol. The first-order valence-corrected chi connectivity index (χ1v) is 10.9. The smallest absolute Gasteiger partial charge is 0.264 e. The van der Waals surface area contributed by atoms with Crippen molar-refractivity contribution >= 4 is 27.3 Å². The van der Waals surface area contributed by atoms with Gasteiger partial charge in [-0.15, -0.1) is 0 Å². The molecule has 1 N–H and O–H groups in total. The number of fused-ring (bicyclic) bond motifs is 1. The average molecular weight is 407 g/mol. The van der Waals surface area contributed by atoms with Crippen molar-refractivity contribution in [1.29, 1.82) is 0 Å². The second-order valence-corrected chi connectivity index (χ2v) is 8.99. The molecule has 0 aliphatic carbocycles. The highest BCUT2D eigenvalue weighted by Crippen LogP contribution is 2.32. The summed E-state index contributed by atoms with van der Waals surface area (Å²) in [5, 5.41) is 2.83. The van der Waals surface area contributed by atoms with Crippen LogP contribution in [-0.2, 0) is 27.7 Å². The molecule has 0 spiro atoms. The Morgan fingerprint density at radius 2 is 1.66 bits per heavy atom. The lowest BCUT2D eigenvalue weighted by Crippen LogP contribution is -2.29. The lowest BCUT2D eigenvalue weighted by Gasteiger charge is -2.19. The number of aryl methyl sites for hydroxylation is 1. The van der Waals surface area contributed by atoms with E-state index in [2.05, 4.69) is 5.32 Å². The van der Waals surface area contributed by atoms with Crippen molar-refractivity contribution in [2.24, 2.45) is 0 Å². The van der Waals surface area contributed by atoms with E-state index >= 15 is 0 Å². The number of carbonyl (C=O) groups excluding carboxylic acids is 1. The number of hydrogen-bond donors (Lipinski definition) is 1. The summed E-state index contributed by atoms with van der Waals surface area (Å²) in [5.74, 6) is -0.136. The Morgan fingerprint density at radius 1 is 0.966 bits per heavy atom. The van der Waals surface area contributed by atoms with Gasteiger partial charge in [-0.2, -0.15) is 0 Å². The number of para-hydroxylation sites is 1. The highest BCUT2D eigenvalue weighted by molar-refractivity contribution is 7.92. The third kappa shape index (κ3) is 3.89. The molecule has 0 unspecified atom stereocenters. The van der Waals surface area contributed by atoms with Crippen LogP contribution >= 0.6 is 0 Å². The zero-order chi connectivity index (χ0) is 20.4. The number of rotatable bonds is 5. The second kappa shape index (κ2) is 7.72. The average Bonchev–Trinajstić information content (AvgIpc) is 3.15. The van der Waals surface area contributed by atoms with Crippen molar-refractivity contribution in [3.8, 4) is 0 Å². The SMILES string of the molecule is Cc1ccccc1CC(=O)Nc1ccc(S(=O)(=O)N2CCc3ccccc32)cc1. The Labute approximate surface area is 171 Å². The summed E-state index contributed by atoms with van der Waals surface area (Å²) in [5.41, 5.74) is 4.38. The van der Waals surface area contributed by atoms with Crippen LogP contribution in [0, 0.1) is 6.92 Å². The third-order valence-corrected chi connectivity index (χ3v) is 7.01. The number of anilines is 2. The van der Waals surface area contributed by atoms with Crippen LogP contribution < -0.4 is 9.62 Å². The molecule has 0 saturated heterocycles. The van der Waals surface area contributed by atoms with Crippen LogP contribution in [0.25, 0.3) is 0 Å². The van der Waals surface area contributed by atoms with Crippen molar-refractivity contribution in [2.45, 2.75) is 24.7 Å². The highest BCUT2D eigenvalue weighted by atomic mass is 32.2. The molecule has 1 amide bonds. The second-order valence-electron chi connectivity index (χ2n) is 7.13. The summed E-state index contributed by atoms with van der Waals surface area (Å²) < 4.78 is 27.5. The van der Waals surface area contributed by atoms with E-state index in [-0.39, 0.29) is 17.2 Å². The fraction of sp³-hybridized carbons (Fsp3) is 0.174. The largest absolute Gasteiger partial charge is 0.326 e. The van der Waals surface area contributed by atoms with Gasteiger partial charge in [0.25, 0.3) is 10.0 Å². The van der Waals surface area contributed by atoms with Gasteiger partial charge < -0.3 is 5.32 Å². The minimum atomic E-state index is -3.63. The van der Waals surface area contributed by atoms with Gasteiger partial charge in [-0.05, 0) is 60.4 Å². The van der Waals surface area contributed by atoms with Crippen LogP contribution in [0.2, 0.25) is 0 Å². The van der Waals surface area contributed by atoms with Gasteiger partial charge in [0.05, 0.1) is 17.0 Å². The Hall–Kier alpha value is -3.12. The highest BCUT2D eigenvalue weighted by Gasteiger charge is 2.30. The van der Waals surface area contributed by atoms with Crippen LogP contribution in [0.15, 0.2) is 77.7 Å². The van der Waals surface area contributed by atoms with E-state index in [1.807, 2.05) is 55.5 Å². The molecule has 4 rings (SSSR count). The van der Waals surface area contributed by atoms with Crippen LogP contribution in [-0.4, -0.2) is 20.9 Å². The van der Waals surface area contributed by atoms with Crippen molar-refractivity contribution in [3.05, 3.63) is 89.5 Å². The third-order valence-electron chi connectivity index (χ3n) is 5.18. The van der Waals surface area contributed by atoms with Crippen molar-refractivity contribution in [3.63, 3.8) is 0 Å². The molecule has 6 heteroatoms. The predicted octanol–water partition coefficient (Wildman–Crippen LogP) is 3.93. The molecule has 0 aromatic heterocycles. The first-order chi connectivity index (χ1) is 13.9. The topological polar surface area (TPSA) is 66.5 Å². The normalized spacial score (nSPS) is 13.2. The monoisotopic (exact) mass is 406 g/mol. The Bertz CT molecular complexity index is 1150. The van der Waals surface area contributed by atoms with Gasteiger partial charge in [-0.1, -0.05) is 42.5 Å². The zero-order valence-electron chi connectivity index (χ0n) is 16.1. The number of hydrogen-bond acceptors (Lipinski definition) is 3. The first-order valence-electron chi connectivity index (χ1n) is 9.50. The van der Waals surface area contributed by atoms with Gasteiger partial charge in [-0.25, -0.2) is 8.42 Å². The molecule has 0 atom stereocenters. The Morgan fingerprint density at radius 3 is 2.41 bits per heavy atom. The number of nitrogens with one attached hydrogen (secondary N) is 1. The van der Waals surface area contributed by atoms with Crippen molar-refractivity contribution in [2.75, 3.05) is 16.2 Å². The minimum Gasteiger partial charge on any atom is -0.326 e. The Balaban J connectivity index is 1.48. The fourth-order valence-corrected chi connectivity index (χ4v) is 5.08. The molecule has 148 valence electrons. The summed E-state index contributed by atoms with van der Waals surface area (Å²) >= 11 is 0. The van der Waals surface area contributed by atoms with Crippen LogP contribution in [0.4, 0.5) is 11.4 Å². The molecule has 1 heterocycles. The molecular formula is C23H22N2O3S. The van der Waals surface area contributed by atoms with Gasteiger partial charge in [0.2, 0.25) is 5.91 Å². The fourth-order valence-electron chi connectivity index (χ4n) is 3.58. The maximum atomic E-state index is 13.0. The number of carbonyl (C=O) groups is 1. The van der Waals surface area contributed by atoms with Crippen LogP contribution in [0.5, 0.6) is 0 Å². The van der Waals surface area contributed by atoms with E-state index in [9.17, 15) is 13.2 Å². The number of nitrogens with zero attached hydrogens (tertiary/aromatic N) is 1. The van der Waals surface area contributed by atoms with Gasteiger partial charge in [0.1, 0.15) is 0 Å². The quantitative estimate of drug-likeness (QED) is 0.698. The molecule has 0 radical (unpaired) electrons. The lowest BCUT2D eigenvalue weighted by atomic mass is 10.1. The molecule has 0 saturated carbocycles. The summed E-state index contributed by atoms with van der Waals surface area (Å²) in [6.45, 7) is 2.41. The molecule has 29 heavy (non-hydrogen) atoms. The van der Waals surface area contributed by atoms with E-state index in [0.717, 1.165) is 22.4 Å². The van der Waals surface area contributed by atoms with Gasteiger partial charge in [0.15, 0.2) is 0 Å². The van der Waals surface area contributed by atoms with E-state index in [0.29, 0.717) is 18.7 Å². The maximum absolute atomic E-state index is 13.0. The van der Waals surface area contributed by atoms with E-state index in [1.54, 1.807) is 24.3 Å². The molecule has 1 aliphatic rings. The standard InChI is InChI=1S/C23H22N2O3S/c1-17-6-2-3-8-19(17)16-23(26)24-20-10-12-21(13-11-20)29(27,28)25-15-14-18-7-4-5-9-22(18)25/h2-13H,14-16H2,1H3,(H,24,26). The Kier molecular flexibility index (Phi) is 5.11. The van der Waals surface area contributed by atoms with E-state index in [1.165, 1.54) is 4.31 Å². The molecular weight excluding hydrogens is 384 g/mol. The number of sulfonamides is 1. The summed E-state index contributed by atoms with van der Waals surface area (Å²) in [6, 6.07) is 21.6. The van der Waals surface area contributed by atoms with Gasteiger partial charge >= 0.3 is 0 Å². The van der Waals surface area contributed by atoms with Crippen LogP contribution in [0.3, 0.4) is 0 Å². The van der Waals surface area contributed by atoms with Gasteiger partial charge in [0, 0.05) is 12.2 Å². The number of amides is 1. The van der Waals surface area contributed by atoms with Crippen molar-refractivity contribution < 1.29 is 13.2 Å².